The van der Waals surface area contributed by atoms with Crippen LogP contribution >= 0.6 is 0 Å². The van der Waals surface area contributed by atoms with Crippen molar-refractivity contribution < 1.29 is 14.3 Å². The minimum absolute atomic E-state index is 0.0617. The molecule has 1 rings (SSSR count). The van der Waals surface area contributed by atoms with Gasteiger partial charge in [0.1, 0.15) is 5.60 Å². The molecule has 0 atom stereocenters. The highest BCUT2D eigenvalue weighted by Crippen LogP contribution is 2.31. The summed E-state index contributed by atoms with van der Waals surface area (Å²) in [5.41, 5.74) is -0.482. The van der Waals surface area contributed by atoms with Crippen LogP contribution in [0.5, 0.6) is 0 Å². The van der Waals surface area contributed by atoms with E-state index in [0.717, 1.165) is 18.9 Å². The molecule has 19 heavy (non-hydrogen) atoms. The van der Waals surface area contributed by atoms with Gasteiger partial charge >= 0.3 is 6.09 Å². The molecule has 0 bridgehead atoms. The first-order valence-electron chi connectivity index (χ1n) is 7.10. The Balaban J connectivity index is 1.93. The molecule has 110 valence electrons. The summed E-state index contributed by atoms with van der Waals surface area (Å²) in [7, 11) is 0. The quantitative estimate of drug-likeness (QED) is 0.697. The summed E-state index contributed by atoms with van der Waals surface area (Å²) < 4.78 is 5.09. The van der Waals surface area contributed by atoms with Crippen LogP contribution in [0.15, 0.2) is 0 Å². The van der Waals surface area contributed by atoms with E-state index in [1.165, 1.54) is 12.8 Å². The van der Waals surface area contributed by atoms with Gasteiger partial charge < -0.3 is 15.4 Å². The maximum absolute atomic E-state index is 11.5. The van der Waals surface area contributed by atoms with Gasteiger partial charge in [0, 0.05) is 19.5 Å². The van der Waals surface area contributed by atoms with Gasteiger partial charge in [-0.1, -0.05) is 12.8 Å². The molecule has 0 aliphatic heterocycles. The first-order chi connectivity index (χ1) is 8.87. The van der Waals surface area contributed by atoms with Gasteiger partial charge in [-0.05, 0) is 39.5 Å². The van der Waals surface area contributed by atoms with E-state index < -0.39 is 11.7 Å². The summed E-state index contributed by atoms with van der Waals surface area (Å²) in [4.78, 5) is 22.8. The van der Waals surface area contributed by atoms with Crippen LogP contribution in [-0.2, 0) is 9.53 Å². The standard InChI is InChI=1S/C14H26N2O3/c1-14(2,3)19-13(18)16-9-4-5-12(17)15-10-8-11-6-7-11/h11H,4-10H2,1-3H3,(H,15,17)(H,16,18). The molecule has 0 aromatic rings. The molecule has 5 nitrogen and oxygen atoms in total. The minimum atomic E-state index is -0.482. The summed E-state index contributed by atoms with van der Waals surface area (Å²) >= 11 is 0. The van der Waals surface area contributed by atoms with Gasteiger partial charge in [0.2, 0.25) is 5.91 Å². The average Bonchev–Trinajstić information content (AvgIpc) is 3.06. The fourth-order valence-electron chi connectivity index (χ4n) is 1.66. The van der Waals surface area contributed by atoms with Crippen LogP contribution in [0.3, 0.4) is 0 Å². The van der Waals surface area contributed by atoms with E-state index in [0.29, 0.717) is 19.4 Å². The lowest BCUT2D eigenvalue weighted by Gasteiger charge is -2.19. The van der Waals surface area contributed by atoms with Gasteiger partial charge in [0.05, 0.1) is 0 Å². The Morgan fingerprint density at radius 2 is 1.84 bits per heavy atom. The van der Waals surface area contributed by atoms with Crippen LogP contribution in [0.4, 0.5) is 4.79 Å². The van der Waals surface area contributed by atoms with E-state index in [1.54, 1.807) is 0 Å². The number of nitrogens with one attached hydrogen (secondary N) is 2. The number of hydrogen-bond donors (Lipinski definition) is 2. The number of carbonyl (C=O) groups excluding carboxylic acids is 2. The van der Waals surface area contributed by atoms with Crippen molar-refractivity contribution in [2.75, 3.05) is 13.1 Å². The van der Waals surface area contributed by atoms with Gasteiger partial charge in [0.15, 0.2) is 0 Å². The topological polar surface area (TPSA) is 67.4 Å². The van der Waals surface area contributed by atoms with Crippen molar-refractivity contribution in [2.45, 2.75) is 58.5 Å². The molecule has 1 fully saturated rings. The molecule has 1 saturated carbocycles. The second-order valence-corrected chi connectivity index (χ2v) is 6.11. The maximum Gasteiger partial charge on any atom is 0.407 e. The van der Waals surface area contributed by atoms with Crippen LogP contribution in [0, 0.1) is 5.92 Å². The molecule has 2 N–H and O–H groups in total. The highest BCUT2D eigenvalue weighted by atomic mass is 16.6. The molecule has 0 heterocycles. The van der Waals surface area contributed by atoms with Gasteiger partial charge in [-0.15, -0.1) is 0 Å². The molecular formula is C14H26N2O3. The summed E-state index contributed by atoms with van der Waals surface area (Å²) in [5.74, 6) is 0.903. The summed E-state index contributed by atoms with van der Waals surface area (Å²) in [6.45, 7) is 6.70. The monoisotopic (exact) mass is 270 g/mol. The Labute approximate surface area is 115 Å². The maximum atomic E-state index is 11.5. The zero-order valence-electron chi connectivity index (χ0n) is 12.3. The Morgan fingerprint density at radius 1 is 1.16 bits per heavy atom. The lowest BCUT2D eigenvalue weighted by Crippen LogP contribution is -2.33. The van der Waals surface area contributed by atoms with Gasteiger partial charge in [-0.2, -0.15) is 0 Å². The number of alkyl carbamates (subject to hydrolysis) is 1. The summed E-state index contributed by atoms with van der Waals surface area (Å²) in [6.07, 6.45) is 4.38. The van der Waals surface area contributed by atoms with Crippen LogP contribution in [0.25, 0.3) is 0 Å². The molecule has 1 aliphatic carbocycles. The SMILES string of the molecule is CC(C)(C)OC(=O)NCCCC(=O)NCCC1CC1. The fourth-order valence-corrected chi connectivity index (χ4v) is 1.66. The molecule has 0 saturated heterocycles. The van der Waals surface area contributed by atoms with E-state index in [-0.39, 0.29) is 5.91 Å². The van der Waals surface area contributed by atoms with Crippen molar-refractivity contribution in [2.24, 2.45) is 5.92 Å². The average molecular weight is 270 g/mol. The third-order valence-electron chi connectivity index (χ3n) is 2.82. The third kappa shape index (κ3) is 9.33. The van der Waals surface area contributed by atoms with Crippen molar-refractivity contribution in [1.29, 1.82) is 0 Å². The fraction of sp³-hybridized carbons (Fsp3) is 0.857. The largest absolute Gasteiger partial charge is 0.444 e. The van der Waals surface area contributed by atoms with E-state index in [1.807, 2.05) is 20.8 Å². The van der Waals surface area contributed by atoms with E-state index in [4.69, 9.17) is 4.74 Å². The van der Waals surface area contributed by atoms with Crippen LogP contribution < -0.4 is 10.6 Å². The first kappa shape index (κ1) is 15.8. The van der Waals surface area contributed by atoms with Crippen molar-refractivity contribution in [1.82, 2.24) is 10.6 Å². The highest BCUT2D eigenvalue weighted by Gasteiger charge is 2.20. The van der Waals surface area contributed by atoms with E-state index in [9.17, 15) is 9.59 Å². The lowest BCUT2D eigenvalue weighted by molar-refractivity contribution is -0.121. The second-order valence-electron chi connectivity index (χ2n) is 6.11. The van der Waals surface area contributed by atoms with E-state index in [2.05, 4.69) is 10.6 Å². The zero-order valence-corrected chi connectivity index (χ0v) is 12.3. The van der Waals surface area contributed by atoms with Crippen LogP contribution in [-0.4, -0.2) is 30.7 Å². The Bertz CT molecular complexity index is 306. The molecule has 0 radical (unpaired) electrons. The predicted octanol–water partition coefficient (Wildman–Crippen LogP) is 2.21. The van der Waals surface area contributed by atoms with Crippen LogP contribution in [0.2, 0.25) is 0 Å². The normalized spacial score (nSPS) is 14.9. The lowest BCUT2D eigenvalue weighted by atomic mass is 10.2. The summed E-state index contributed by atoms with van der Waals surface area (Å²) in [6, 6.07) is 0. The zero-order chi connectivity index (χ0) is 14.3. The molecule has 5 heteroatoms. The van der Waals surface area contributed by atoms with Gasteiger partial charge in [0.25, 0.3) is 0 Å². The number of amides is 2. The Kier molecular flexibility index (Phi) is 6.12. The van der Waals surface area contributed by atoms with Crippen molar-refractivity contribution in [3.05, 3.63) is 0 Å². The first-order valence-corrected chi connectivity index (χ1v) is 7.10. The predicted molar refractivity (Wildman–Crippen MR) is 73.8 cm³/mol. The molecule has 0 spiro atoms. The summed E-state index contributed by atoms with van der Waals surface area (Å²) in [5, 5.41) is 5.54. The Morgan fingerprint density at radius 3 is 2.42 bits per heavy atom. The number of carbonyl (C=O) groups is 2. The number of rotatable bonds is 7. The molecule has 0 aromatic carbocycles. The minimum Gasteiger partial charge on any atom is -0.444 e. The van der Waals surface area contributed by atoms with Crippen molar-refractivity contribution in [3.8, 4) is 0 Å². The molecule has 0 unspecified atom stereocenters. The van der Waals surface area contributed by atoms with Crippen molar-refractivity contribution in [3.63, 3.8) is 0 Å². The van der Waals surface area contributed by atoms with Gasteiger partial charge in [-0.25, -0.2) is 4.79 Å². The highest BCUT2D eigenvalue weighted by molar-refractivity contribution is 5.75. The molecule has 2 amide bonds. The smallest absolute Gasteiger partial charge is 0.407 e. The van der Waals surface area contributed by atoms with E-state index >= 15 is 0 Å². The molecule has 0 aromatic heterocycles. The third-order valence-corrected chi connectivity index (χ3v) is 2.82. The van der Waals surface area contributed by atoms with Gasteiger partial charge in [-0.3, -0.25) is 4.79 Å². The second kappa shape index (κ2) is 7.36. The Hall–Kier alpha value is -1.26. The van der Waals surface area contributed by atoms with Crippen molar-refractivity contribution >= 4 is 12.0 Å². The van der Waals surface area contributed by atoms with Crippen LogP contribution in [0.1, 0.15) is 52.9 Å². The molecular weight excluding hydrogens is 244 g/mol. The number of ether oxygens (including phenoxy) is 1. The molecule has 1 aliphatic rings. The number of hydrogen-bond acceptors (Lipinski definition) is 3.